The summed E-state index contributed by atoms with van der Waals surface area (Å²) in [4.78, 5) is 60.3. The van der Waals surface area contributed by atoms with E-state index in [0.717, 1.165) is 19.2 Å². The summed E-state index contributed by atoms with van der Waals surface area (Å²) in [6.07, 6.45) is -5.15. The molecule has 0 saturated carbocycles. The van der Waals surface area contributed by atoms with Crippen LogP contribution in [0.3, 0.4) is 0 Å². The van der Waals surface area contributed by atoms with E-state index in [2.05, 4.69) is 5.32 Å². The van der Waals surface area contributed by atoms with Gasteiger partial charge >= 0.3 is 23.9 Å². The lowest BCUT2D eigenvalue weighted by molar-refractivity contribution is -0.257. The van der Waals surface area contributed by atoms with Gasteiger partial charge in [-0.05, 0) is 11.5 Å². The van der Waals surface area contributed by atoms with Crippen molar-refractivity contribution in [3.63, 3.8) is 0 Å². The summed E-state index contributed by atoms with van der Waals surface area (Å²) in [6.45, 7) is 4.30. The fourth-order valence-corrected chi connectivity index (χ4v) is 4.15. The van der Waals surface area contributed by atoms with Gasteiger partial charge in [-0.15, -0.1) is 0 Å². The fraction of sp³-hybridized carbons (Fsp3) is 0.423. The Labute approximate surface area is 218 Å². The molecule has 1 saturated heterocycles. The van der Waals surface area contributed by atoms with Gasteiger partial charge in [-0.2, -0.15) is 0 Å². The van der Waals surface area contributed by atoms with Gasteiger partial charge in [-0.1, -0.05) is 30.3 Å². The molecule has 0 spiro atoms. The van der Waals surface area contributed by atoms with Crippen molar-refractivity contribution in [1.82, 2.24) is 5.32 Å². The Hall–Kier alpha value is -4.19. The summed E-state index contributed by atoms with van der Waals surface area (Å²) >= 11 is 0. The molecule has 5 atom stereocenters. The molecule has 12 heteroatoms. The summed E-state index contributed by atoms with van der Waals surface area (Å²) in [5, 5.41) is 3.89. The number of amides is 1. The first-order valence-corrected chi connectivity index (χ1v) is 11.7. The molecule has 0 aliphatic carbocycles. The van der Waals surface area contributed by atoms with Gasteiger partial charge in [0.05, 0.1) is 7.11 Å². The number of fused-ring (bicyclic) bond motifs is 1. The lowest BCUT2D eigenvalue weighted by Gasteiger charge is -2.45. The number of hydrogen-bond acceptors (Lipinski definition) is 11. The number of esters is 4. The predicted octanol–water partition coefficient (Wildman–Crippen LogP) is 1.66. The third-order valence-corrected chi connectivity index (χ3v) is 5.59. The number of carbonyl (C=O) groups excluding carboxylic acids is 5. The Kier molecular flexibility index (Phi) is 9.24. The van der Waals surface area contributed by atoms with Crippen molar-refractivity contribution in [2.75, 3.05) is 13.7 Å². The molecule has 0 bridgehead atoms. The van der Waals surface area contributed by atoms with Crippen LogP contribution in [0.15, 0.2) is 36.4 Å². The molecule has 1 amide bonds. The van der Waals surface area contributed by atoms with Gasteiger partial charge in [0.15, 0.2) is 12.2 Å². The third kappa shape index (κ3) is 6.76. The number of nitrogens with one attached hydrogen (secondary N) is 1. The van der Waals surface area contributed by atoms with E-state index in [9.17, 15) is 24.0 Å². The van der Waals surface area contributed by atoms with E-state index in [1.54, 1.807) is 30.3 Å². The van der Waals surface area contributed by atoms with Gasteiger partial charge in [0, 0.05) is 33.1 Å². The second-order valence-electron chi connectivity index (χ2n) is 8.49. The standard InChI is InChI=1S/C26H29NO11/c1-13(28)27-21-24(36-16(4)31)23(35-15(3)30)20(12-34-14(2)29)37-26(21)38-22-18-9-7-6-8-17(18)10-11-19(22)25(32)33-5/h6-11,20-21,23-24,26H,12H2,1-5H3,(H,27,28)/t20-,21+,23-,24+,26+/m1/s1. The molecule has 1 aliphatic rings. The predicted molar refractivity (Wildman–Crippen MR) is 130 cm³/mol. The second-order valence-corrected chi connectivity index (χ2v) is 8.49. The van der Waals surface area contributed by atoms with Crippen LogP contribution in [0, 0.1) is 0 Å². The Morgan fingerprint density at radius 2 is 1.53 bits per heavy atom. The van der Waals surface area contributed by atoms with Gasteiger partial charge in [0.2, 0.25) is 12.2 Å². The molecule has 0 unspecified atom stereocenters. The van der Waals surface area contributed by atoms with Crippen LogP contribution >= 0.6 is 0 Å². The largest absolute Gasteiger partial charge is 0.465 e. The molecule has 38 heavy (non-hydrogen) atoms. The van der Waals surface area contributed by atoms with E-state index < -0.39 is 67.0 Å². The van der Waals surface area contributed by atoms with Crippen molar-refractivity contribution in [3.05, 3.63) is 42.0 Å². The SMILES string of the molecule is COC(=O)c1ccc2ccccc2c1O[C@@H]1O[C@H](COC(C)=O)[C@@H](OC(C)=O)[C@@H](OC(C)=O)[C@@H]1NC(C)=O. The molecule has 1 fully saturated rings. The van der Waals surface area contributed by atoms with Crippen LogP contribution in [0.25, 0.3) is 10.8 Å². The maximum absolute atomic E-state index is 12.6. The number of hydrogen-bond donors (Lipinski definition) is 1. The average Bonchev–Trinajstić information content (AvgIpc) is 2.85. The van der Waals surface area contributed by atoms with Crippen molar-refractivity contribution in [2.24, 2.45) is 0 Å². The minimum Gasteiger partial charge on any atom is -0.465 e. The van der Waals surface area contributed by atoms with Crippen LogP contribution in [0.2, 0.25) is 0 Å². The second kappa shape index (κ2) is 12.4. The maximum Gasteiger partial charge on any atom is 0.341 e. The number of methoxy groups -OCH3 is 1. The Bertz CT molecular complexity index is 1230. The normalized spacial score (nSPS) is 22.6. The van der Waals surface area contributed by atoms with Gasteiger partial charge in [0.1, 0.15) is 30.1 Å². The van der Waals surface area contributed by atoms with Crippen LogP contribution in [0.5, 0.6) is 5.75 Å². The highest BCUT2D eigenvalue weighted by molar-refractivity contribution is 6.01. The molecule has 1 N–H and O–H groups in total. The van der Waals surface area contributed by atoms with E-state index in [4.69, 9.17) is 28.4 Å². The van der Waals surface area contributed by atoms with E-state index >= 15 is 0 Å². The monoisotopic (exact) mass is 531 g/mol. The van der Waals surface area contributed by atoms with Crippen LogP contribution in [0.4, 0.5) is 0 Å². The first-order chi connectivity index (χ1) is 18.0. The van der Waals surface area contributed by atoms with Gasteiger partial charge in [0.25, 0.3) is 0 Å². The fourth-order valence-electron chi connectivity index (χ4n) is 4.15. The molecule has 3 rings (SSSR count). The zero-order chi connectivity index (χ0) is 28.0. The topological polar surface area (TPSA) is 153 Å². The highest BCUT2D eigenvalue weighted by atomic mass is 16.7. The van der Waals surface area contributed by atoms with Crippen molar-refractivity contribution >= 4 is 40.6 Å². The van der Waals surface area contributed by atoms with Crippen molar-refractivity contribution in [3.8, 4) is 5.75 Å². The summed E-state index contributed by atoms with van der Waals surface area (Å²) in [7, 11) is 1.22. The molecule has 0 aromatic heterocycles. The number of carbonyl (C=O) groups is 5. The van der Waals surface area contributed by atoms with E-state index in [0.29, 0.717) is 5.39 Å². The highest BCUT2D eigenvalue weighted by Gasteiger charge is 2.52. The third-order valence-electron chi connectivity index (χ3n) is 5.59. The highest BCUT2D eigenvalue weighted by Crippen LogP contribution is 2.35. The van der Waals surface area contributed by atoms with Gasteiger partial charge in [-0.25, -0.2) is 4.79 Å². The lowest BCUT2D eigenvalue weighted by Crippen LogP contribution is -2.67. The smallest absolute Gasteiger partial charge is 0.341 e. The van der Waals surface area contributed by atoms with Crippen molar-refractivity contribution < 1.29 is 52.4 Å². The first-order valence-electron chi connectivity index (χ1n) is 11.7. The van der Waals surface area contributed by atoms with E-state index in [-0.39, 0.29) is 11.3 Å². The zero-order valence-corrected chi connectivity index (χ0v) is 21.5. The molecule has 12 nitrogen and oxygen atoms in total. The number of rotatable bonds is 8. The molecular formula is C26H29NO11. The van der Waals surface area contributed by atoms with Crippen molar-refractivity contribution in [2.45, 2.75) is 58.3 Å². The molecule has 0 radical (unpaired) electrons. The van der Waals surface area contributed by atoms with Crippen molar-refractivity contribution in [1.29, 1.82) is 0 Å². The van der Waals surface area contributed by atoms with Crippen LogP contribution < -0.4 is 10.1 Å². The lowest BCUT2D eigenvalue weighted by atomic mass is 9.95. The minimum atomic E-state index is -1.40. The summed E-state index contributed by atoms with van der Waals surface area (Å²) in [5.74, 6) is -3.25. The molecular weight excluding hydrogens is 502 g/mol. The van der Waals surface area contributed by atoms with Crippen LogP contribution in [-0.2, 0) is 42.9 Å². The molecule has 2 aromatic rings. The Morgan fingerprint density at radius 3 is 2.13 bits per heavy atom. The molecule has 1 aliphatic heterocycles. The molecule has 2 aromatic carbocycles. The molecule has 204 valence electrons. The molecule has 1 heterocycles. The number of benzene rings is 2. The number of ether oxygens (including phenoxy) is 6. The first kappa shape index (κ1) is 28.4. The van der Waals surface area contributed by atoms with Crippen LogP contribution in [-0.4, -0.2) is 74.1 Å². The summed E-state index contributed by atoms with van der Waals surface area (Å²) in [6, 6.07) is 9.08. The van der Waals surface area contributed by atoms with Crippen LogP contribution in [0.1, 0.15) is 38.1 Å². The summed E-state index contributed by atoms with van der Waals surface area (Å²) < 4.78 is 33.2. The Balaban J connectivity index is 2.15. The van der Waals surface area contributed by atoms with Gasteiger partial charge in [-0.3, -0.25) is 19.2 Å². The summed E-state index contributed by atoms with van der Waals surface area (Å²) in [5.41, 5.74) is 0.0686. The van der Waals surface area contributed by atoms with Gasteiger partial charge < -0.3 is 33.7 Å². The Morgan fingerprint density at radius 1 is 0.868 bits per heavy atom. The van der Waals surface area contributed by atoms with E-state index in [1.165, 1.54) is 27.0 Å². The zero-order valence-electron chi connectivity index (χ0n) is 21.5. The average molecular weight is 532 g/mol. The minimum absolute atomic E-state index is 0.0686. The maximum atomic E-state index is 12.6. The van der Waals surface area contributed by atoms with E-state index in [1.807, 2.05) is 0 Å². The quantitative estimate of drug-likeness (QED) is 0.391.